The third kappa shape index (κ3) is 3.04. The SMILES string of the molecule is O=CCCCCCCC=C1c2ccccc2-c2ccccc21. The molecule has 1 nitrogen and oxygen atoms in total. The first-order chi connectivity index (χ1) is 10.9. The zero-order valence-electron chi connectivity index (χ0n) is 12.9. The lowest BCUT2D eigenvalue weighted by Gasteiger charge is -2.03. The minimum atomic E-state index is 0.710. The van der Waals surface area contributed by atoms with Crippen LogP contribution in [0.4, 0.5) is 0 Å². The molecule has 0 atom stereocenters. The van der Waals surface area contributed by atoms with E-state index in [2.05, 4.69) is 54.6 Å². The molecule has 0 aliphatic heterocycles. The fraction of sp³-hybridized carbons (Fsp3) is 0.286. The van der Waals surface area contributed by atoms with Crippen LogP contribution >= 0.6 is 0 Å². The second kappa shape index (κ2) is 7.22. The van der Waals surface area contributed by atoms with Gasteiger partial charge in [-0.3, -0.25) is 0 Å². The standard InChI is InChI=1S/C21H22O/c22-16-10-4-2-1-3-5-11-17-18-12-6-8-14-20(18)21-15-9-7-13-19(17)21/h6-9,11-16H,1-5,10H2. The maximum atomic E-state index is 10.3. The number of fused-ring (bicyclic) bond motifs is 3. The quantitative estimate of drug-likeness (QED) is 0.406. The molecule has 1 heteroatoms. The van der Waals surface area contributed by atoms with E-state index in [9.17, 15) is 4.79 Å². The van der Waals surface area contributed by atoms with Crippen molar-refractivity contribution in [1.82, 2.24) is 0 Å². The molecule has 0 heterocycles. The van der Waals surface area contributed by atoms with Gasteiger partial charge in [-0.15, -0.1) is 0 Å². The van der Waals surface area contributed by atoms with Gasteiger partial charge in [0.05, 0.1) is 0 Å². The summed E-state index contributed by atoms with van der Waals surface area (Å²) in [5.74, 6) is 0. The predicted octanol–water partition coefficient (Wildman–Crippen LogP) is 5.64. The molecule has 2 aromatic carbocycles. The monoisotopic (exact) mass is 290 g/mol. The maximum Gasteiger partial charge on any atom is 0.119 e. The number of carbonyl (C=O) groups excluding carboxylic acids is 1. The highest BCUT2D eigenvalue weighted by Gasteiger charge is 2.21. The first kappa shape index (κ1) is 14.8. The Kier molecular flexibility index (Phi) is 4.85. The van der Waals surface area contributed by atoms with Gasteiger partial charge in [0, 0.05) is 6.42 Å². The summed E-state index contributed by atoms with van der Waals surface area (Å²) in [6, 6.07) is 17.4. The summed E-state index contributed by atoms with van der Waals surface area (Å²) in [5, 5.41) is 0. The highest BCUT2D eigenvalue weighted by Crippen LogP contribution is 2.43. The number of carbonyl (C=O) groups is 1. The van der Waals surface area contributed by atoms with Crippen LogP contribution in [-0.4, -0.2) is 6.29 Å². The van der Waals surface area contributed by atoms with Crippen molar-refractivity contribution >= 4 is 11.9 Å². The molecule has 0 saturated carbocycles. The van der Waals surface area contributed by atoms with Gasteiger partial charge in [-0.1, -0.05) is 67.4 Å². The molecular weight excluding hydrogens is 268 g/mol. The Morgan fingerprint density at radius 3 is 1.68 bits per heavy atom. The van der Waals surface area contributed by atoms with Crippen LogP contribution < -0.4 is 0 Å². The molecule has 0 fully saturated rings. The first-order valence-corrected chi connectivity index (χ1v) is 8.25. The van der Waals surface area contributed by atoms with Gasteiger partial charge in [-0.05, 0) is 47.1 Å². The summed E-state index contributed by atoms with van der Waals surface area (Å²) >= 11 is 0. The lowest BCUT2D eigenvalue weighted by atomic mass is 10.0. The molecule has 0 amide bonds. The van der Waals surface area contributed by atoms with E-state index in [1.54, 1.807) is 0 Å². The minimum absolute atomic E-state index is 0.710. The number of allylic oxidation sites excluding steroid dienone is 1. The van der Waals surface area contributed by atoms with E-state index < -0.39 is 0 Å². The molecule has 0 bridgehead atoms. The topological polar surface area (TPSA) is 17.1 Å². The summed E-state index contributed by atoms with van der Waals surface area (Å²) in [6.45, 7) is 0. The van der Waals surface area contributed by atoms with Gasteiger partial charge < -0.3 is 4.79 Å². The van der Waals surface area contributed by atoms with Gasteiger partial charge in [0.15, 0.2) is 0 Å². The van der Waals surface area contributed by atoms with Crippen molar-refractivity contribution in [2.24, 2.45) is 0 Å². The molecule has 1 aliphatic rings. The number of aldehydes is 1. The van der Waals surface area contributed by atoms with Crippen molar-refractivity contribution in [2.45, 2.75) is 38.5 Å². The van der Waals surface area contributed by atoms with Crippen molar-refractivity contribution in [3.63, 3.8) is 0 Å². The number of unbranched alkanes of at least 4 members (excludes halogenated alkanes) is 5. The van der Waals surface area contributed by atoms with Crippen molar-refractivity contribution in [1.29, 1.82) is 0 Å². The van der Waals surface area contributed by atoms with E-state index in [-0.39, 0.29) is 0 Å². The van der Waals surface area contributed by atoms with E-state index in [1.807, 2.05) is 0 Å². The highest BCUT2D eigenvalue weighted by molar-refractivity contribution is 6.00. The van der Waals surface area contributed by atoms with Crippen molar-refractivity contribution in [3.8, 4) is 11.1 Å². The summed E-state index contributed by atoms with van der Waals surface area (Å²) < 4.78 is 0. The maximum absolute atomic E-state index is 10.3. The molecule has 112 valence electrons. The second-order valence-corrected chi connectivity index (χ2v) is 5.87. The Bertz CT molecular complexity index is 634. The van der Waals surface area contributed by atoms with E-state index in [1.165, 1.54) is 40.7 Å². The van der Waals surface area contributed by atoms with Crippen LogP contribution in [0.25, 0.3) is 16.7 Å². The van der Waals surface area contributed by atoms with Gasteiger partial charge in [-0.2, -0.15) is 0 Å². The van der Waals surface area contributed by atoms with E-state index in [0.717, 1.165) is 25.5 Å². The summed E-state index contributed by atoms with van der Waals surface area (Å²) in [4.78, 5) is 10.3. The molecular formula is C21H22O. The lowest BCUT2D eigenvalue weighted by molar-refractivity contribution is -0.107. The van der Waals surface area contributed by atoms with E-state index in [4.69, 9.17) is 0 Å². The molecule has 0 unspecified atom stereocenters. The van der Waals surface area contributed by atoms with Crippen LogP contribution in [-0.2, 0) is 4.79 Å². The fourth-order valence-corrected chi connectivity index (χ4v) is 3.24. The second-order valence-electron chi connectivity index (χ2n) is 5.87. The zero-order chi connectivity index (χ0) is 15.2. The molecule has 1 aliphatic carbocycles. The normalized spacial score (nSPS) is 11.9. The smallest absolute Gasteiger partial charge is 0.119 e. The van der Waals surface area contributed by atoms with Crippen LogP contribution in [0.2, 0.25) is 0 Å². The third-order valence-corrected chi connectivity index (χ3v) is 4.35. The van der Waals surface area contributed by atoms with Crippen LogP contribution in [0.15, 0.2) is 54.6 Å². The summed E-state index contributed by atoms with van der Waals surface area (Å²) in [7, 11) is 0. The predicted molar refractivity (Wildman–Crippen MR) is 92.7 cm³/mol. The Morgan fingerprint density at radius 2 is 1.14 bits per heavy atom. The molecule has 0 radical (unpaired) electrons. The Balaban J connectivity index is 1.71. The average molecular weight is 290 g/mol. The van der Waals surface area contributed by atoms with Gasteiger partial charge in [0.1, 0.15) is 6.29 Å². The minimum Gasteiger partial charge on any atom is -0.303 e. The number of benzene rings is 2. The van der Waals surface area contributed by atoms with Gasteiger partial charge in [0.25, 0.3) is 0 Å². The fourth-order valence-electron chi connectivity index (χ4n) is 3.24. The molecule has 22 heavy (non-hydrogen) atoms. The van der Waals surface area contributed by atoms with Crippen LogP contribution in [0.1, 0.15) is 49.7 Å². The molecule has 2 aromatic rings. The molecule has 0 spiro atoms. The summed E-state index contributed by atoms with van der Waals surface area (Å²) in [6.07, 6.45) is 9.84. The Hall–Kier alpha value is -2.15. The zero-order valence-corrected chi connectivity index (χ0v) is 12.9. The van der Waals surface area contributed by atoms with Gasteiger partial charge in [-0.25, -0.2) is 0 Å². The van der Waals surface area contributed by atoms with Crippen LogP contribution in [0.5, 0.6) is 0 Å². The molecule has 3 rings (SSSR count). The Morgan fingerprint density at radius 1 is 0.636 bits per heavy atom. The highest BCUT2D eigenvalue weighted by atomic mass is 16.1. The molecule has 0 N–H and O–H groups in total. The largest absolute Gasteiger partial charge is 0.303 e. The Labute approximate surface area is 132 Å². The summed E-state index contributed by atoms with van der Waals surface area (Å²) in [5.41, 5.74) is 6.83. The van der Waals surface area contributed by atoms with Crippen molar-refractivity contribution in [3.05, 3.63) is 65.7 Å². The number of hydrogen-bond acceptors (Lipinski definition) is 1. The van der Waals surface area contributed by atoms with Crippen molar-refractivity contribution in [2.75, 3.05) is 0 Å². The molecule has 0 aromatic heterocycles. The van der Waals surface area contributed by atoms with Crippen LogP contribution in [0, 0.1) is 0 Å². The third-order valence-electron chi connectivity index (χ3n) is 4.35. The van der Waals surface area contributed by atoms with Crippen LogP contribution in [0.3, 0.4) is 0 Å². The number of hydrogen-bond donors (Lipinski definition) is 0. The molecule has 0 saturated heterocycles. The van der Waals surface area contributed by atoms with E-state index >= 15 is 0 Å². The average Bonchev–Trinajstić information content (AvgIpc) is 2.89. The van der Waals surface area contributed by atoms with E-state index in [0.29, 0.717) is 6.42 Å². The first-order valence-electron chi connectivity index (χ1n) is 8.25. The van der Waals surface area contributed by atoms with Crippen molar-refractivity contribution < 1.29 is 4.79 Å². The number of rotatable bonds is 7. The van der Waals surface area contributed by atoms with Gasteiger partial charge >= 0.3 is 0 Å². The lowest BCUT2D eigenvalue weighted by Crippen LogP contribution is -1.83. The van der Waals surface area contributed by atoms with Gasteiger partial charge in [0.2, 0.25) is 0 Å².